The fraction of sp³-hybridized carbons (Fsp3) is 0.0526. The van der Waals surface area contributed by atoms with Crippen LogP contribution in [0.4, 0.5) is 17.1 Å². The number of hydrogen-bond donors (Lipinski definition) is 2. The van der Waals surface area contributed by atoms with Crippen molar-refractivity contribution in [3.63, 3.8) is 0 Å². The molecule has 0 radical (unpaired) electrons. The van der Waals surface area contributed by atoms with Gasteiger partial charge in [0.05, 0.1) is 15.9 Å². The molecule has 0 fully saturated rings. The van der Waals surface area contributed by atoms with Crippen LogP contribution >= 0.6 is 0 Å². The summed E-state index contributed by atoms with van der Waals surface area (Å²) in [5, 5.41) is 49.3. The first kappa shape index (κ1) is 19.4. The summed E-state index contributed by atoms with van der Waals surface area (Å²) in [7, 11) is 0. The van der Waals surface area contributed by atoms with E-state index in [1.807, 2.05) is 0 Å². The smallest absolute Gasteiger partial charge is 0.303 e. The van der Waals surface area contributed by atoms with Crippen molar-refractivity contribution in [2.24, 2.45) is 10.2 Å². The maximum absolute atomic E-state index is 11.3. The molecule has 29 heavy (non-hydrogen) atoms. The number of nitro benzene ring substituents is 2. The Kier molecular flexibility index (Phi) is 5.44. The van der Waals surface area contributed by atoms with E-state index < -0.39 is 27.3 Å². The lowest BCUT2D eigenvalue weighted by Crippen LogP contribution is -1.97. The predicted octanol–water partition coefficient (Wildman–Crippen LogP) is 4.79. The molecule has 2 N–H and O–H groups in total. The summed E-state index contributed by atoms with van der Waals surface area (Å²) in [6.45, 7) is 0. The van der Waals surface area contributed by atoms with E-state index in [0.717, 1.165) is 18.2 Å². The van der Waals surface area contributed by atoms with Crippen LogP contribution in [0.25, 0.3) is 0 Å². The van der Waals surface area contributed by atoms with Crippen molar-refractivity contribution >= 4 is 17.1 Å². The van der Waals surface area contributed by atoms with Crippen molar-refractivity contribution < 1.29 is 20.1 Å². The number of phenolic OH excluding ortho intramolecular Hbond substituents is 2. The number of nitro groups is 2. The molecule has 0 heterocycles. The van der Waals surface area contributed by atoms with Crippen LogP contribution < -0.4 is 0 Å². The number of hydrogen-bond acceptors (Lipinski definition) is 8. The molecule has 0 atom stereocenters. The summed E-state index contributed by atoms with van der Waals surface area (Å²) in [6, 6.07) is 14.7. The van der Waals surface area contributed by atoms with Gasteiger partial charge in [0.2, 0.25) is 0 Å². The van der Waals surface area contributed by atoms with Crippen LogP contribution in [0.5, 0.6) is 11.5 Å². The van der Waals surface area contributed by atoms with Crippen LogP contribution in [0.15, 0.2) is 77.0 Å². The van der Waals surface area contributed by atoms with Crippen LogP contribution in [-0.2, 0) is 0 Å². The number of non-ortho nitro benzene ring substituents is 1. The zero-order valence-corrected chi connectivity index (χ0v) is 14.7. The Morgan fingerprint density at radius 3 is 1.72 bits per heavy atom. The lowest BCUT2D eigenvalue weighted by molar-refractivity contribution is -0.393. The van der Waals surface area contributed by atoms with Gasteiger partial charge in [-0.25, -0.2) is 0 Å². The summed E-state index contributed by atoms with van der Waals surface area (Å²) >= 11 is 0. The van der Waals surface area contributed by atoms with E-state index in [-0.39, 0.29) is 17.2 Å². The first-order valence-corrected chi connectivity index (χ1v) is 8.26. The van der Waals surface area contributed by atoms with Gasteiger partial charge in [0, 0.05) is 6.07 Å². The molecule has 0 aliphatic heterocycles. The summed E-state index contributed by atoms with van der Waals surface area (Å²) < 4.78 is 0. The van der Waals surface area contributed by atoms with Crippen molar-refractivity contribution in [1.29, 1.82) is 0 Å². The maximum atomic E-state index is 11.3. The number of rotatable bonds is 6. The molecule has 0 spiro atoms. The highest BCUT2D eigenvalue weighted by Gasteiger charge is 2.20. The van der Waals surface area contributed by atoms with Crippen LogP contribution in [0.2, 0.25) is 0 Å². The minimum atomic E-state index is -0.766. The van der Waals surface area contributed by atoms with Crippen LogP contribution in [-0.4, -0.2) is 20.1 Å². The molecule has 0 aliphatic rings. The zero-order valence-electron chi connectivity index (χ0n) is 14.7. The van der Waals surface area contributed by atoms with Crippen LogP contribution in [0.1, 0.15) is 17.2 Å². The average molecular weight is 394 g/mol. The monoisotopic (exact) mass is 394 g/mol. The fourth-order valence-corrected chi connectivity index (χ4v) is 2.62. The summed E-state index contributed by atoms with van der Waals surface area (Å²) in [6.07, 6.45) is 0. The van der Waals surface area contributed by atoms with Crippen molar-refractivity contribution in [1.82, 2.24) is 0 Å². The maximum Gasteiger partial charge on any atom is 0.303 e. The molecule has 0 aromatic heterocycles. The third-order valence-corrected chi connectivity index (χ3v) is 4.07. The standard InChI is InChI=1S/C19H14N4O6/c24-15-6-1-12(2-7-15)19(13-3-8-16(25)9-4-13)21-20-17-10-5-14(22(26)27)11-18(17)23(28)29/h1-11,19,24-25H. The number of nitrogens with zero attached hydrogens (tertiary/aromatic N) is 4. The highest BCUT2D eigenvalue weighted by Crippen LogP contribution is 2.34. The lowest BCUT2D eigenvalue weighted by atomic mass is 9.99. The molecule has 0 aliphatic carbocycles. The molecule has 3 aromatic rings. The van der Waals surface area contributed by atoms with Gasteiger partial charge in [-0.05, 0) is 41.5 Å². The number of phenols is 2. The van der Waals surface area contributed by atoms with Crippen molar-refractivity contribution in [2.45, 2.75) is 6.04 Å². The SMILES string of the molecule is O=[N+]([O-])c1ccc(N=NC(c2ccc(O)cc2)c2ccc(O)cc2)c([N+](=O)[O-])c1. The topological polar surface area (TPSA) is 151 Å². The molecule has 146 valence electrons. The molecule has 10 nitrogen and oxygen atoms in total. The summed E-state index contributed by atoms with van der Waals surface area (Å²) in [4.78, 5) is 20.6. The molecular weight excluding hydrogens is 380 g/mol. The van der Waals surface area contributed by atoms with Crippen LogP contribution in [0, 0.1) is 20.2 Å². The van der Waals surface area contributed by atoms with Crippen molar-refractivity contribution in [3.8, 4) is 11.5 Å². The second kappa shape index (κ2) is 8.13. The first-order valence-electron chi connectivity index (χ1n) is 8.26. The van der Waals surface area contributed by atoms with Gasteiger partial charge < -0.3 is 10.2 Å². The molecular formula is C19H14N4O6. The highest BCUT2D eigenvalue weighted by molar-refractivity contribution is 5.61. The first-order chi connectivity index (χ1) is 13.8. The van der Waals surface area contributed by atoms with E-state index >= 15 is 0 Å². The van der Waals surface area contributed by atoms with E-state index in [2.05, 4.69) is 10.2 Å². The molecule has 0 amide bonds. The van der Waals surface area contributed by atoms with Gasteiger partial charge in [-0.1, -0.05) is 24.3 Å². The number of azo groups is 1. The minimum absolute atomic E-state index is 0.0566. The fourth-order valence-electron chi connectivity index (χ4n) is 2.62. The summed E-state index contributed by atoms with van der Waals surface area (Å²) in [5.41, 5.74) is 0.175. The molecule has 3 aromatic carbocycles. The van der Waals surface area contributed by atoms with Gasteiger partial charge in [0.1, 0.15) is 17.5 Å². The highest BCUT2D eigenvalue weighted by atomic mass is 16.6. The largest absolute Gasteiger partial charge is 0.508 e. The van der Waals surface area contributed by atoms with E-state index in [4.69, 9.17) is 0 Å². The van der Waals surface area contributed by atoms with Gasteiger partial charge in [-0.3, -0.25) is 20.2 Å². The van der Waals surface area contributed by atoms with E-state index in [1.165, 1.54) is 24.3 Å². The second-order valence-corrected chi connectivity index (χ2v) is 5.99. The van der Waals surface area contributed by atoms with Gasteiger partial charge in [-0.15, -0.1) is 5.11 Å². The molecule has 3 rings (SSSR count). The number of aromatic hydroxyl groups is 2. The molecule has 0 saturated heterocycles. The van der Waals surface area contributed by atoms with Crippen molar-refractivity contribution in [2.75, 3.05) is 0 Å². The minimum Gasteiger partial charge on any atom is -0.508 e. The molecule has 0 saturated carbocycles. The zero-order chi connectivity index (χ0) is 21.0. The van der Waals surface area contributed by atoms with Gasteiger partial charge in [0.25, 0.3) is 5.69 Å². The molecule has 10 heteroatoms. The Morgan fingerprint density at radius 1 is 0.759 bits per heavy atom. The lowest BCUT2D eigenvalue weighted by Gasteiger charge is -2.12. The second-order valence-electron chi connectivity index (χ2n) is 5.99. The van der Waals surface area contributed by atoms with Gasteiger partial charge in [0.15, 0.2) is 5.69 Å². The predicted molar refractivity (Wildman–Crippen MR) is 102 cm³/mol. The van der Waals surface area contributed by atoms with Gasteiger partial charge >= 0.3 is 5.69 Å². The van der Waals surface area contributed by atoms with E-state index in [9.17, 15) is 30.4 Å². The Hall–Kier alpha value is -4.34. The third-order valence-electron chi connectivity index (χ3n) is 4.07. The van der Waals surface area contributed by atoms with Crippen molar-refractivity contribution in [3.05, 3.63) is 98.1 Å². The normalized spacial score (nSPS) is 11.1. The Bertz CT molecular complexity index is 1040. The third kappa shape index (κ3) is 4.50. The average Bonchev–Trinajstić information content (AvgIpc) is 2.70. The molecule has 0 unspecified atom stereocenters. The Balaban J connectivity index is 2.05. The Labute approximate surface area is 163 Å². The quantitative estimate of drug-likeness (QED) is 0.348. The summed E-state index contributed by atoms with van der Waals surface area (Å²) in [5.74, 6) is 0.113. The number of benzene rings is 3. The van der Waals surface area contributed by atoms with E-state index in [1.54, 1.807) is 24.3 Å². The van der Waals surface area contributed by atoms with Gasteiger partial charge in [-0.2, -0.15) is 5.11 Å². The Morgan fingerprint density at radius 2 is 1.28 bits per heavy atom. The van der Waals surface area contributed by atoms with E-state index in [0.29, 0.717) is 11.1 Å². The molecule has 0 bridgehead atoms. The van der Waals surface area contributed by atoms with Crippen LogP contribution in [0.3, 0.4) is 0 Å².